The van der Waals surface area contributed by atoms with Gasteiger partial charge in [-0.05, 0) is 31.0 Å². The molecule has 5 heteroatoms. The molecule has 1 amide bonds. The summed E-state index contributed by atoms with van der Waals surface area (Å²) >= 11 is 3.52. The number of carbonyl (C=O) groups excluding carboxylic acids is 1. The van der Waals surface area contributed by atoms with E-state index in [1.165, 1.54) is 0 Å². The lowest BCUT2D eigenvalue weighted by molar-refractivity contribution is 0.0583. The van der Waals surface area contributed by atoms with Crippen molar-refractivity contribution >= 4 is 21.8 Å². The van der Waals surface area contributed by atoms with Crippen LogP contribution in [0, 0.1) is 0 Å². The lowest BCUT2D eigenvalue weighted by Crippen LogP contribution is -2.34. The van der Waals surface area contributed by atoms with E-state index in [-0.39, 0.29) is 12.0 Å². The average Bonchev–Trinajstić information content (AvgIpc) is 3.13. The monoisotopic (exact) mass is 403 g/mol. The number of hydrogen-bond donors (Lipinski definition) is 0. The Morgan fingerprint density at radius 1 is 1.24 bits per heavy atom. The Hall–Kier alpha value is -1.85. The molecule has 1 unspecified atom stereocenters. The number of nitrogens with zero attached hydrogens (tertiary/aromatic N) is 1. The van der Waals surface area contributed by atoms with Crippen LogP contribution in [-0.2, 0) is 11.3 Å². The maximum absolute atomic E-state index is 12.8. The molecule has 0 saturated carbocycles. The van der Waals surface area contributed by atoms with Crippen LogP contribution in [0.15, 0.2) is 53.0 Å². The molecule has 0 radical (unpaired) electrons. The van der Waals surface area contributed by atoms with Gasteiger partial charge in [0, 0.05) is 30.2 Å². The molecule has 1 fully saturated rings. The van der Waals surface area contributed by atoms with Crippen molar-refractivity contribution in [2.75, 3.05) is 20.2 Å². The Morgan fingerprint density at radius 3 is 2.76 bits per heavy atom. The van der Waals surface area contributed by atoms with Gasteiger partial charge in [-0.25, -0.2) is 0 Å². The molecule has 2 aromatic rings. The molecule has 1 atom stereocenters. The van der Waals surface area contributed by atoms with Gasteiger partial charge in [-0.3, -0.25) is 4.79 Å². The van der Waals surface area contributed by atoms with Crippen LogP contribution in [0.25, 0.3) is 0 Å². The summed E-state index contributed by atoms with van der Waals surface area (Å²) < 4.78 is 12.6. The van der Waals surface area contributed by atoms with E-state index in [1.807, 2.05) is 55.6 Å². The van der Waals surface area contributed by atoms with E-state index in [0.29, 0.717) is 24.5 Å². The van der Waals surface area contributed by atoms with Crippen LogP contribution in [-0.4, -0.2) is 37.1 Å². The molecule has 0 aliphatic carbocycles. The van der Waals surface area contributed by atoms with E-state index in [1.54, 1.807) is 4.90 Å². The van der Waals surface area contributed by atoms with Crippen molar-refractivity contribution in [1.29, 1.82) is 0 Å². The van der Waals surface area contributed by atoms with Gasteiger partial charge in [0.25, 0.3) is 5.91 Å². The van der Waals surface area contributed by atoms with Crippen LogP contribution in [0.1, 0.15) is 28.8 Å². The van der Waals surface area contributed by atoms with Crippen molar-refractivity contribution in [1.82, 2.24) is 4.90 Å². The zero-order valence-corrected chi connectivity index (χ0v) is 15.9. The highest BCUT2D eigenvalue weighted by Crippen LogP contribution is 2.24. The molecule has 1 aliphatic rings. The number of ether oxygens (including phenoxy) is 2. The number of halogens is 1. The highest BCUT2D eigenvalue weighted by molar-refractivity contribution is 9.10. The van der Waals surface area contributed by atoms with Gasteiger partial charge in [0.2, 0.25) is 0 Å². The second-order valence-corrected chi connectivity index (χ2v) is 7.05. The normalized spacial score (nSPS) is 16.6. The van der Waals surface area contributed by atoms with E-state index in [9.17, 15) is 4.79 Å². The first-order valence-electron chi connectivity index (χ1n) is 8.47. The molecule has 1 aliphatic heterocycles. The van der Waals surface area contributed by atoms with Crippen LogP contribution in [0.2, 0.25) is 0 Å². The predicted molar refractivity (Wildman–Crippen MR) is 101 cm³/mol. The van der Waals surface area contributed by atoms with Gasteiger partial charge >= 0.3 is 0 Å². The van der Waals surface area contributed by atoms with Crippen molar-refractivity contribution in [3.8, 4) is 5.75 Å². The SMILES string of the molecule is CN(CC1CCCO1)C(=O)c1ccccc1OCc1ccccc1Br. The van der Waals surface area contributed by atoms with Crippen LogP contribution in [0.5, 0.6) is 5.75 Å². The summed E-state index contributed by atoms with van der Waals surface area (Å²) in [6.45, 7) is 1.80. The Kier molecular flexibility index (Phi) is 6.10. The Labute approximate surface area is 156 Å². The molecule has 0 spiro atoms. The van der Waals surface area contributed by atoms with Gasteiger partial charge in [-0.15, -0.1) is 0 Å². The third-order valence-electron chi connectivity index (χ3n) is 4.31. The van der Waals surface area contributed by atoms with E-state index < -0.39 is 0 Å². The fourth-order valence-electron chi connectivity index (χ4n) is 2.92. The Balaban J connectivity index is 1.69. The maximum atomic E-state index is 12.8. The largest absolute Gasteiger partial charge is 0.488 e. The number of carbonyl (C=O) groups is 1. The van der Waals surface area contributed by atoms with Gasteiger partial charge in [-0.2, -0.15) is 0 Å². The predicted octanol–water partition coefficient (Wildman–Crippen LogP) is 4.28. The number of para-hydroxylation sites is 1. The standard InChI is InChI=1S/C20H22BrNO3/c1-22(13-16-8-6-12-24-16)20(23)17-9-3-5-11-19(17)25-14-15-7-2-4-10-18(15)21/h2-5,7,9-11,16H,6,8,12-14H2,1H3. The summed E-state index contributed by atoms with van der Waals surface area (Å²) in [6.07, 6.45) is 2.22. The number of hydrogen-bond acceptors (Lipinski definition) is 3. The quantitative estimate of drug-likeness (QED) is 0.722. The highest BCUT2D eigenvalue weighted by atomic mass is 79.9. The molecule has 0 bridgehead atoms. The Bertz CT molecular complexity index is 728. The molecule has 25 heavy (non-hydrogen) atoms. The first-order chi connectivity index (χ1) is 12.1. The number of amides is 1. The molecular formula is C20H22BrNO3. The fourth-order valence-corrected chi connectivity index (χ4v) is 3.32. The molecule has 3 rings (SSSR count). The van der Waals surface area contributed by atoms with Gasteiger partial charge in [0.1, 0.15) is 12.4 Å². The minimum absolute atomic E-state index is 0.0433. The highest BCUT2D eigenvalue weighted by Gasteiger charge is 2.22. The van der Waals surface area contributed by atoms with Crippen molar-refractivity contribution < 1.29 is 14.3 Å². The van der Waals surface area contributed by atoms with E-state index in [2.05, 4.69) is 15.9 Å². The van der Waals surface area contributed by atoms with Gasteiger partial charge < -0.3 is 14.4 Å². The Morgan fingerprint density at radius 2 is 2.00 bits per heavy atom. The van der Waals surface area contributed by atoms with E-state index >= 15 is 0 Å². The number of likely N-dealkylation sites (N-methyl/N-ethyl adjacent to an activating group) is 1. The van der Waals surface area contributed by atoms with Crippen molar-refractivity contribution in [2.24, 2.45) is 0 Å². The third-order valence-corrected chi connectivity index (χ3v) is 5.08. The lowest BCUT2D eigenvalue weighted by atomic mass is 10.1. The average molecular weight is 404 g/mol. The number of benzene rings is 2. The second kappa shape index (κ2) is 8.50. The summed E-state index contributed by atoms with van der Waals surface area (Å²) in [5.74, 6) is 0.556. The summed E-state index contributed by atoms with van der Waals surface area (Å²) in [5, 5.41) is 0. The lowest BCUT2D eigenvalue weighted by Gasteiger charge is -2.22. The summed E-state index contributed by atoms with van der Waals surface area (Å²) in [5.41, 5.74) is 1.62. The zero-order valence-electron chi connectivity index (χ0n) is 14.3. The van der Waals surface area contributed by atoms with Crippen LogP contribution in [0.4, 0.5) is 0 Å². The molecule has 1 heterocycles. The third kappa shape index (κ3) is 4.61. The van der Waals surface area contributed by atoms with Gasteiger partial charge in [0.05, 0.1) is 11.7 Å². The molecule has 0 N–H and O–H groups in total. The summed E-state index contributed by atoms with van der Waals surface area (Å²) in [6, 6.07) is 15.3. The molecule has 4 nitrogen and oxygen atoms in total. The van der Waals surface area contributed by atoms with E-state index in [0.717, 1.165) is 29.5 Å². The second-order valence-electron chi connectivity index (χ2n) is 6.20. The van der Waals surface area contributed by atoms with Crippen molar-refractivity contribution in [3.63, 3.8) is 0 Å². The molecule has 0 aromatic heterocycles. The molecule has 2 aromatic carbocycles. The summed E-state index contributed by atoms with van der Waals surface area (Å²) in [4.78, 5) is 14.5. The fraction of sp³-hybridized carbons (Fsp3) is 0.350. The van der Waals surface area contributed by atoms with Crippen LogP contribution in [0.3, 0.4) is 0 Å². The van der Waals surface area contributed by atoms with Crippen LogP contribution >= 0.6 is 15.9 Å². The maximum Gasteiger partial charge on any atom is 0.257 e. The topological polar surface area (TPSA) is 38.8 Å². The summed E-state index contributed by atoms with van der Waals surface area (Å²) in [7, 11) is 1.81. The number of rotatable bonds is 6. The zero-order chi connectivity index (χ0) is 17.6. The van der Waals surface area contributed by atoms with Crippen LogP contribution < -0.4 is 4.74 Å². The minimum Gasteiger partial charge on any atom is -0.488 e. The van der Waals surface area contributed by atoms with Gasteiger partial charge in [-0.1, -0.05) is 46.3 Å². The van der Waals surface area contributed by atoms with Gasteiger partial charge in [0.15, 0.2) is 0 Å². The molecule has 132 valence electrons. The van der Waals surface area contributed by atoms with Crippen molar-refractivity contribution in [3.05, 3.63) is 64.1 Å². The first kappa shape index (κ1) is 18.0. The minimum atomic E-state index is -0.0433. The van der Waals surface area contributed by atoms with Crippen molar-refractivity contribution in [2.45, 2.75) is 25.6 Å². The molecular weight excluding hydrogens is 382 g/mol. The smallest absolute Gasteiger partial charge is 0.257 e. The van der Waals surface area contributed by atoms with E-state index in [4.69, 9.17) is 9.47 Å². The first-order valence-corrected chi connectivity index (χ1v) is 9.27. The molecule has 1 saturated heterocycles.